The highest BCUT2D eigenvalue weighted by Gasteiger charge is 2.32. The van der Waals surface area contributed by atoms with Crippen LogP contribution in [0.3, 0.4) is 0 Å². The molecule has 2 aliphatic heterocycles. The van der Waals surface area contributed by atoms with Crippen molar-refractivity contribution < 1.29 is 19.0 Å². The lowest BCUT2D eigenvalue weighted by atomic mass is 10.1. The molecule has 1 aromatic rings. The Bertz CT molecular complexity index is 610. The summed E-state index contributed by atoms with van der Waals surface area (Å²) in [6.07, 6.45) is 2.53. The summed E-state index contributed by atoms with van der Waals surface area (Å²) in [5, 5.41) is 2.99. The fraction of sp³-hybridized carbons (Fsp3) is 0.588. The number of nitrogens with one attached hydrogen (secondary N) is 1. The minimum absolute atomic E-state index is 0.0566. The van der Waals surface area contributed by atoms with E-state index in [2.05, 4.69) is 32.8 Å². The SMILES string of the molecule is COc1cc(I)c(C(=O)NCC2CN3CCCC3CO2)cc1OC. The number of amides is 1. The maximum Gasteiger partial charge on any atom is 0.252 e. The number of nitrogens with zero attached hydrogens (tertiary/aromatic N) is 1. The Morgan fingerprint density at radius 1 is 1.38 bits per heavy atom. The summed E-state index contributed by atoms with van der Waals surface area (Å²) in [7, 11) is 3.15. The quantitative estimate of drug-likeness (QED) is 0.701. The molecule has 0 aromatic heterocycles. The molecule has 0 aliphatic carbocycles. The van der Waals surface area contributed by atoms with Crippen molar-refractivity contribution in [2.75, 3.05) is 40.5 Å². The second-order valence-electron chi connectivity index (χ2n) is 6.14. The van der Waals surface area contributed by atoms with E-state index in [9.17, 15) is 4.79 Å². The second-order valence-corrected chi connectivity index (χ2v) is 7.31. The largest absolute Gasteiger partial charge is 0.493 e. The highest BCUT2D eigenvalue weighted by molar-refractivity contribution is 14.1. The highest BCUT2D eigenvalue weighted by Crippen LogP contribution is 2.31. The van der Waals surface area contributed by atoms with Crippen molar-refractivity contribution >= 4 is 28.5 Å². The predicted molar refractivity (Wildman–Crippen MR) is 98.9 cm³/mol. The van der Waals surface area contributed by atoms with Crippen molar-refractivity contribution in [1.29, 1.82) is 0 Å². The van der Waals surface area contributed by atoms with Gasteiger partial charge in [-0.15, -0.1) is 0 Å². The first-order chi connectivity index (χ1) is 11.6. The van der Waals surface area contributed by atoms with Gasteiger partial charge in [0.25, 0.3) is 5.91 Å². The summed E-state index contributed by atoms with van der Waals surface area (Å²) >= 11 is 2.14. The first kappa shape index (κ1) is 17.8. The number of ether oxygens (including phenoxy) is 3. The number of hydrogen-bond acceptors (Lipinski definition) is 5. The number of benzene rings is 1. The third-order valence-electron chi connectivity index (χ3n) is 4.67. The summed E-state index contributed by atoms with van der Waals surface area (Å²) in [4.78, 5) is 15.0. The van der Waals surface area contributed by atoms with E-state index in [-0.39, 0.29) is 12.0 Å². The number of rotatable bonds is 5. The smallest absolute Gasteiger partial charge is 0.252 e. The van der Waals surface area contributed by atoms with Gasteiger partial charge in [0, 0.05) is 22.7 Å². The lowest BCUT2D eigenvalue weighted by Crippen LogP contribution is -2.50. The summed E-state index contributed by atoms with van der Waals surface area (Å²) in [6.45, 7) is 3.33. The van der Waals surface area contributed by atoms with E-state index in [1.54, 1.807) is 26.4 Å². The zero-order chi connectivity index (χ0) is 17.1. The molecule has 2 heterocycles. The Morgan fingerprint density at radius 3 is 2.88 bits per heavy atom. The molecule has 3 rings (SSSR count). The third-order valence-corrected chi connectivity index (χ3v) is 5.56. The topological polar surface area (TPSA) is 60.0 Å². The van der Waals surface area contributed by atoms with Gasteiger partial charge in [-0.3, -0.25) is 9.69 Å². The number of carbonyl (C=O) groups is 1. The highest BCUT2D eigenvalue weighted by atomic mass is 127. The van der Waals surface area contributed by atoms with E-state index in [4.69, 9.17) is 14.2 Å². The molecule has 1 aromatic carbocycles. The van der Waals surface area contributed by atoms with Crippen molar-refractivity contribution in [3.05, 3.63) is 21.3 Å². The Hall–Kier alpha value is -1.06. The maximum atomic E-state index is 12.5. The van der Waals surface area contributed by atoms with Crippen LogP contribution in [0.5, 0.6) is 11.5 Å². The number of hydrogen-bond donors (Lipinski definition) is 1. The second kappa shape index (κ2) is 7.88. The molecule has 2 fully saturated rings. The van der Waals surface area contributed by atoms with Crippen LogP contribution >= 0.6 is 22.6 Å². The van der Waals surface area contributed by atoms with Gasteiger partial charge in [0.05, 0.1) is 32.5 Å². The van der Waals surface area contributed by atoms with E-state index in [1.807, 2.05) is 0 Å². The van der Waals surface area contributed by atoms with E-state index in [0.717, 1.165) is 23.3 Å². The van der Waals surface area contributed by atoms with Crippen LogP contribution in [0.4, 0.5) is 0 Å². The van der Waals surface area contributed by atoms with Crippen LogP contribution in [0.25, 0.3) is 0 Å². The van der Waals surface area contributed by atoms with Gasteiger partial charge in [0.2, 0.25) is 0 Å². The van der Waals surface area contributed by atoms with Crippen molar-refractivity contribution in [2.45, 2.75) is 25.0 Å². The number of carbonyl (C=O) groups excluding carboxylic acids is 1. The van der Waals surface area contributed by atoms with E-state index >= 15 is 0 Å². The van der Waals surface area contributed by atoms with E-state index in [1.165, 1.54) is 12.8 Å². The minimum atomic E-state index is -0.118. The van der Waals surface area contributed by atoms with Gasteiger partial charge in [0.1, 0.15) is 0 Å². The first-order valence-electron chi connectivity index (χ1n) is 8.17. The summed E-state index contributed by atoms with van der Waals surface area (Å²) in [5.74, 6) is 1.05. The van der Waals surface area contributed by atoms with Gasteiger partial charge in [0.15, 0.2) is 11.5 Å². The predicted octanol–water partition coefficient (Wildman–Crippen LogP) is 1.90. The molecule has 7 heteroatoms. The standard InChI is InChI=1S/C17H23IN2O4/c1-22-15-6-13(14(18)7-16(15)23-2)17(21)19-8-12-9-20-5-3-4-11(20)10-24-12/h6-7,11-12H,3-5,8-10H2,1-2H3,(H,19,21). The molecule has 0 radical (unpaired) electrons. The van der Waals surface area contributed by atoms with Gasteiger partial charge in [-0.25, -0.2) is 0 Å². The van der Waals surface area contributed by atoms with Crippen molar-refractivity contribution in [2.24, 2.45) is 0 Å². The molecule has 2 saturated heterocycles. The average Bonchev–Trinajstić information content (AvgIpc) is 3.07. The molecule has 0 bridgehead atoms. The average molecular weight is 446 g/mol. The first-order valence-corrected chi connectivity index (χ1v) is 9.25. The van der Waals surface area contributed by atoms with Crippen molar-refractivity contribution in [1.82, 2.24) is 10.2 Å². The van der Waals surface area contributed by atoms with Crippen LogP contribution < -0.4 is 14.8 Å². The normalized spacial score (nSPS) is 23.6. The molecule has 2 unspecified atom stereocenters. The van der Waals surface area contributed by atoms with Gasteiger partial charge in [-0.05, 0) is 54.1 Å². The third kappa shape index (κ3) is 3.78. The molecular formula is C17H23IN2O4. The lowest BCUT2D eigenvalue weighted by molar-refractivity contribution is -0.0461. The van der Waals surface area contributed by atoms with Gasteiger partial charge in [-0.1, -0.05) is 0 Å². The molecule has 2 atom stereocenters. The van der Waals surface area contributed by atoms with Crippen LogP contribution in [0.1, 0.15) is 23.2 Å². The van der Waals surface area contributed by atoms with E-state index in [0.29, 0.717) is 29.6 Å². The molecule has 24 heavy (non-hydrogen) atoms. The van der Waals surface area contributed by atoms with Gasteiger partial charge < -0.3 is 19.5 Å². The van der Waals surface area contributed by atoms with Crippen molar-refractivity contribution in [3.8, 4) is 11.5 Å². The van der Waals surface area contributed by atoms with Crippen LogP contribution in [0, 0.1) is 3.57 Å². The Kier molecular flexibility index (Phi) is 5.83. The summed E-state index contributed by atoms with van der Waals surface area (Å²) in [6, 6.07) is 4.10. The number of morpholine rings is 1. The number of methoxy groups -OCH3 is 2. The molecule has 1 N–H and O–H groups in total. The molecule has 0 spiro atoms. The molecule has 2 aliphatic rings. The summed E-state index contributed by atoms with van der Waals surface area (Å²) in [5.41, 5.74) is 0.586. The molecule has 132 valence electrons. The summed E-state index contributed by atoms with van der Waals surface area (Å²) < 4.78 is 17.3. The fourth-order valence-corrected chi connectivity index (χ4v) is 4.02. The number of fused-ring (bicyclic) bond motifs is 1. The lowest BCUT2D eigenvalue weighted by Gasteiger charge is -2.35. The van der Waals surface area contributed by atoms with Crippen LogP contribution in [-0.2, 0) is 4.74 Å². The zero-order valence-electron chi connectivity index (χ0n) is 14.0. The maximum absolute atomic E-state index is 12.5. The van der Waals surface area contributed by atoms with Crippen LogP contribution in [0.2, 0.25) is 0 Å². The van der Waals surface area contributed by atoms with E-state index < -0.39 is 0 Å². The monoisotopic (exact) mass is 446 g/mol. The van der Waals surface area contributed by atoms with Crippen LogP contribution in [0.15, 0.2) is 12.1 Å². The molecular weight excluding hydrogens is 423 g/mol. The number of halogens is 1. The minimum Gasteiger partial charge on any atom is -0.493 e. The molecule has 0 saturated carbocycles. The fourth-order valence-electron chi connectivity index (χ4n) is 3.34. The molecule has 6 nitrogen and oxygen atoms in total. The van der Waals surface area contributed by atoms with Crippen molar-refractivity contribution in [3.63, 3.8) is 0 Å². The Morgan fingerprint density at radius 2 is 2.12 bits per heavy atom. The van der Waals surface area contributed by atoms with Gasteiger partial charge >= 0.3 is 0 Å². The Labute approximate surface area is 156 Å². The van der Waals surface area contributed by atoms with Crippen LogP contribution in [-0.4, -0.2) is 63.4 Å². The van der Waals surface area contributed by atoms with Gasteiger partial charge in [-0.2, -0.15) is 0 Å². The zero-order valence-corrected chi connectivity index (χ0v) is 16.2. The Balaban J connectivity index is 1.61. The molecule has 1 amide bonds.